The van der Waals surface area contributed by atoms with E-state index in [1.807, 2.05) is 12.1 Å². The molecule has 0 fully saturated rings. The van der Waals surface area contributed by atoms with Crippen molar-refractivity contribution in [2.75, 3.05) is 13.2 Å². The summed E-state index contributed by atoms with van der Waals surface area (Å²) >= 11 is 0. The first-order chi connectivity index (χ1) is 7.63. The summed E-state index contributed by atoms with van der Waals surface area (Å²) in [5, 5.41) is 12.1. The van der Waals surface area contributed by atoms with Crippen LogP contribution in [-0.2, 0) is 6.54 Å². The Morgan fingerprint density at radius 1 is 1.38 bits per heavy atom. The van der Waals surface area contributed by atoms with E-state index in [4.69, 9.17) is 9.84 Å². The minimum Gasteiger partial charge on any atom is -0.491 e. The third-order valence-electron chi connectivity index (χ3n) is 2.27. The van der Waals surface area contributed by atoms with Crippen LogP contribution in [-0.4, -0.2) is 24.4 Å². The topological polar surface area (TPSA) is 41.5 Å². The zero-order valence-corrected chi connectivity index (χ0v) is 10.3. The van der Waals surface area contributed by atoms with Crippen molar-refractivity contribution in [1.82, 2.24) is 5.32 Å². The highest BCUT2D eigenvalue weighted by Gasteiger charge is 2.04. The molecule has 0 aliphatic heterocycles. The van der Waals surface area contributed by atoms with E-state index in [-0.39, 0.29) is 6.61 Å². The predicted molar refractivity (Wildman–Crippen MR) is 65.7 cm³/mol. The van der Waals surface area contributed by atoms with Crippen molar-refractivity contribution in [2.45, 2.75) is 33.4 Å². The summed E-state index contributed by atoms with van der Waals surface area (Å²) in [6, 6.07) is 6.54. The maximum absolute atomic E-state index is 8.75. The number of aliphatic hydroxyl groups excluding tert-OH is 1. The van der Waals surface area contributed by atoms with Gasteiger partial charge in [0.25, 0.3) is 0 Å². The second-order valence-corrected chi connectivity index (χ2v) is 4.22. The first kappa shape index (κ1) is 13.0. The predicted octanol–water partition coefficient (Wildman–Crippen LogP) is 1.86. The molecule has 0 unspecified atom stereocenters. The lowest BCUT2D eigenvalue weighted by Gasteiger charge is -2.14. The molecule has 2 N–H and O–H groups in total. The second-order valence-electron chi connectivity index (χ2n) is 4.22. The molecule has 1 aromatic rings. The van der Waals surface area contributed by atoms with E-state index < -0.39 is 0 Å². The average Bonchev–Trinajstić information content (AvgIpc) is 2.25. The van der Waals surface area contributed by atoms with Gasteiger partial charge in [-0.25, -0.2) is 0 Å². The maximum Gasteiger partial charge on any atom is 0.123 e. The molecule has 0 heterocycles. The quantitative estimate of drug-likeness (QED) is 0.773. The smallest absolute Gasteiger partial charge is 0.123 e. The van der Waals surface area contributed by atoms with Crippen molar-refractivity contribution in [2.24, 2.45) is 0 Å². The molecular formula is C13H21NO2. The number of nitrogens with one attached hydrogen (secondary N) is 1. The molecule has 16 heavy (non-hydrogen) atoms. The molecule has 0 aromatic heterocycles. The molecule has 90 valence electrons. The summed E-state index contributed by atoms with van der Waals surface area (Å²) in [6.45, 7) is 7.48. The van der Waals surface area contributed by atoms with Gasteiger partial charge in [-0.1, -0.05) is 31.5 Å². The number of aryl methyl sites for hydroxylation is 1. The van der Waals surface area contributed by atoms with Crippen molar-refractivity contribution in [1.29, 1.82) is 0 Å². The van der Waals surface area contributed by atoms with Crippen LogP contribution in [0.1, 0.15) is 25.0 Å². The summed E-state index contributed by atoms with van der Waals surface area (Å²) in [4.78, 5) is 0. The Hall–Kier alpha value is -1.06. The number of aliphatic hydroxyl groups is 1. The molecule has 0 aliphatic carbocycles. The van der Waals surface area contributed by atoms with Crippen LogP contribution >= 0.6 is 0 Å². The minimum atomic E-state index is 0.0466. The van der Waals surface area contributed by atoms with E-state index in [0.29, 0.717) is 12.6 Å². The third-order valence-corrected chi connectivity index (χ3v) is 2.27. The number of ether oxygens (including phenoxy) is 1. The van der Waals surface area contributed by atoms with Gasteiger partial charge in [0.2, 0.25) is 0 Å². The molecule has 0 saturated carbocycles. The highest BCUT2D eigenvalue weighted by molar-refractivity contribution is 5.36. The first-order valence-corrected chi connectivity index (χ1v) is 5.70. The minimum absolute atomic E-state index is 0.0466. The van der Waals surface area contributed by atoms with Gasteiger partial charge < -0.3 is 15.2 Å². The molecule has 3 heteroatoms. The molecule has 1 rings (SSSR count). The van der Waals surface area contributed by atoms with E-state index >= 15 is 0 Å². The van der Waals surface area contributed by atoms with Crippen LogP contribution in [0.25, 0.3) is 0 Å². The zero-order chi connectivity index (χ0) is 12.0. The van der Waals surface area contributed by atoms with Crippen LogP contribution in [0, 0.1) is 6.92 Å². The SMILES string of the molecule is Cc1ccc(OCCO)c(CNC(C)C)c1. The fourth-order valence-corrected chi connectivity index (χ4v) is 1.46. The van der Waals surface area contributed by atoms with Crippen molar-refractivity contribution in [3.05, 3.63) is 29.3 Å². The molecule has 0 saturated heterocycles. The molecule has 0 bridgehead atoms. The first-order valence-electron chi connectivity index (χ1n) is 5.70. The Kier molecular flexibility index (Phi) is 5.29. The van der Waals surface area contributed by atoms with Crippen LogP contribution in [0.3, 0.4) is 0 Å². The van der Waals surface area contributed by atoms with Gasteiger partial charge in [0.05, 0.1) is 6.61 Å². The number of hydrogen-bond donors (Lipinski definition) is 2. The Morgan fingerprint density at radius 3 is 2.75 bits per heavy atom. The highest BCUT2D eigenvalue weighted by atomic mass is 16.5. The van der Waals surface area contributed by atoms with Gasteiger partial charge in [0.15, 0.2) is 0 Å². The molecule has 3 nitrogen and oxygen atoms in total. The molecule has 0 radical (unpaired) electrons. The Bertz CT molecular complexity index is 324. The van der Waals surface area contributed by atoms with Crippen LogP contribution in [0.4, 0.5) is 0 Å². The Balaban J connectivity index is 2.72. The normalized spacial score (nSPS) is 10.8. The van der Waals surface area contributed by atoms with Crippen molar-refractivity contribution in [3.63, 3.8) is 0 Å². The van der Waals surface area contributed by atoms with Crippen LogP contribution in [0.15, 0.2) is 18.2 Å². The maximum atomic E-state index is 8.75. The molecule has 1 aromatic carbocycles. The van der Waals surface area contributed by atoms with E-state index in [9.17, 15) is 0 Å². The zero-order valence-electron chi connectivity index (χ0n) is 10.3. The van der Waals surface area contributed by atoms with Gasteiger partial charge in [-0.2, -0.15) is 0 Å². The van der Waals surface area contributed by atoms with Gasteiger partial charge in [-0.3, -0.25) is 0 Å². The molecule has 0 amide bonds. The van der Waals surface area contributed by atoms with E-state index in [1.54, 1.807) is 0 Å². The summed E-state index contributed by atoms with van der Waals surface area (Å²) in [7, 11) is 0. The lowest BCUT2D eigenvalue weighted by Crippen LogP contribution is -2.22. The fourth-order valence-electron chi connectivity index (χ4n) is 1.46. The lowest BCUT2D eigenvalue weighted by atomic mass is 10.1. The fraction of sp³-hybridized carbons (Fsp3) is 0.538. The largest absolute Gasteiger partial charge is 0.491 e. The number of hydrogen-bond acceptors (Lipinski definition) is 3. The van der Waals surface area contributed by atoms with Crippen LogP contribution in [0.5, 0.6) is 5.75 Å². The molecule has 0 aliphatic rings. The van der Waals surface area contributed by atoms with Crippen LogP contribution in [0.2, 0.25) is 0 Å². The molecular weight excluding hydrogens is 202 g/mol. The van der Waals surface area contributed by atoms with Gasteiger partial charge in [-0.15, -0.1) is 0 Å². The van der Waals surface area contributed by atoms with E-state index in [2.05, 4.69) is 32.2 Å². The van der Waals surface area contributed by atoms with Gasteiger partial charge >= 0.3 is 0 Å². The third kappa shape index (κ3) is 4.21. The monoisotopic (exact) mass is 223 g/mol. The van der Waals surface area contributed by atoms with E-state index in [0.717, 1.165) is 17.9 Å². The van der Waals surface area contributed by atoms with Gasteiger partial charge in [-0.05, 0) is 13.0 Å². The number of benzene rings is 1. The van der Waals surface area contributed by atoms with Gasteiger partial charge in [0.1, 0.15) is 12.4 Å². The van der Waals surface area contributed by atoms with Crippen molar-refractivity contribution >= 4 is 0 Å². The number of rotatable bonds is 6. The van der Waals surface area contributed by atoms with Crippen LogP contribution < -0.4 is 10.1 Å². The van der Waals surface area contributed by atoms with E-state index in [1.165, 1.54) is 5.56 Å². The summed E-state index contributed by atoms with van der Waals surface area (Å²) in [5.74, 6) is 0.854. The molecule has 0 spiro atoms. The lowest BCUT2D eigenvalue weighted by molar-refractivity contribution is 0.200. The summed E-state index contributed by atoms with van der Waals surface area (Å²) < 4.78 is 5.48. The van der Waals surface area contributed by atoms with Crippen molar-refractivity contribution in [3.8, 4) is 5.75 Å². The molecule has 0 atom stereocenters. The highest BCUT2D eigenvalue weighted by Crippen LogP contribution is 2.20. The van der Waals surface area contributed by atoms with Gasteiger partial charge in [0, 0.05) is 18.2 Å². The second kappa shape index (κ2) is 6.51. The Labute approximate surface area is 97.4 Å². The summed E-state index contributed by atoms with van der Waals surface area (Å²) in [5.41, 5.74) is 2.36. The van der Waals surface area contributed by atoms with Crippen molar-refractivity contribution < 1.29 is 9.84 Å². The Morgan fingerprint density at radius 2 is 2.12 bits per heavy atom. The standard InChI is InChI=1S/C13H21NO2/c1-10(2)14-9-12-8-11(3)4-5-13(12)16-7-6-15/h4-5,8,10,14-15H,6-7,9H2,1-3H3. The average molecular weight is 223 g/mol. The summed E-state index contributed by atoms with van der Waals surface area (Å²) in [6.07, 6.45) is 0.